The number of carbonyl (C=O) groups is 1. The summed E-state index contributed by atoms with van der Waals surface area (Å²) in [5.74, 6) is 0.550. The second-order valence-electron chi connectivity index (χ2n) is 6.14. The second kappa shape index (κ2) is 6.79. The molecule has 22 heavy (non-hydrogen) atoms. The average Bonchev–Trinajstić information content (AvgIpc) is 3.32. The van der Waals surface area contributed by atoms with E-state index < -0.39 is 10.0 Å². The molecule has 1 aromatic rings. The molecule has 1 aliphatic carbocycles. The number of amides is 1. The minimum Gasteiger partial charge on any atom is -0.336 e. The molecule has 1 amide bonds. The number of sulfonamides is 1. The van der Waals surface area contributed by atoms with E-state index in [1.54, 1.807) is 12.1 Å². The van der Waals surface area contributed by atoms with E-state index in [2.05, 4.69) is 18.6 Å². The second-order valence-corrected chi connectivity index (χ2v) is 8.03. The van der Waals surface area contributed by atoms with Crippen molar-refractivity contribution in [3.05, 3.63) is 29.8 Å². The molecule has 0 saturated heterocycles. The van der Waals surface area contributed by atoms with E-state index >= 15 is 0 Å². The van der Waals surface area contributed by atoms with Crippen molar-refractivity contribution in [2.75, 3.05) is 13.6 Å². The minimum absolute atomic E-state index is 0.00319. The van der Waals surface area contributed by atoms with Crippen molar-refractivity contribution >= 4 is 15.9 Å². The van der Waals surface area contributed by atoms with Crippen molar-refractivity contribution in [2.45, 2.75) is 44.0 Å². The molecule has 0 aromatic heterocycles. The molecular weight excluding hydrogens is 300 g/mol. The van der Waals surface area contributed by atoms with E-state index in [1.807, 2.05) is 4.90 Å². The Labute approximate surface area is 132 Å². The van der Waals surface area contributed by atoms with E-state index in [4.69, 9.17) is 0 Å². The third-order valence-electron chi connectivity index (χ3n) is 3.88. The molecular formula is C16H24N2O3S. The van der Waals surface area contributed by atoms with E-state index in [9.17, 15) is 13.2 Å². The first-order chi connectivity index (χ1) is 10.3. The molecule has 1 N–H and O–H groups in total. The summed E-state index contributed by atoms with van der Waals surface area (Å²) in [5.41, 5.74) is 0.547. The maximum atomic E-state index is 12.6. The highest BCUT2D eigenvalue weighted by Gasteiger charge is 2.32. The fraction of sp³-hybridized carbons (Fsp3) is 0.562. The first-order valence-electron chi connectivity index (χ1n) is 7.69. The van der Waals surface area contributed by atoms with Gasteiger partial charge in [-0.3, -0.25) is 4.79 Å². The highest BCUT2D eigenvalue weighted by atomic mass is 32.2. The molecule has 2 rings (SSSR count). The zero-order chi connectivity index (χ0) is 16.3. The molecule has 1 fully saturated rings. The molecule has 0 radical (unpaired) electrons. The van der Waals surface area contributed by atoms with Crippen molar-refractivity contribution in [1.29, 1.82) is 0 Å². The molecule has 0 atom stereocenters. The number of hydrogen-bond donors (Lipinski definition) is 1. The predicted octanol–water partition coefficient (Wildman–Crippen LogP) is 2.25. The number of benzene rings is 1. The SMILES string of the molecule is CNS(=O)(=O)c1ccc(C(=O)N(CCC(C)C)C2CC2)cc1. The molecule has 6 heteroatoms. The maximum Gasteiger partial charge on any atom is 0.254 e. The van der Waals surface area contributed by atoms with Gasteiger partial charge >= 0.3 is 0 Å². The lowest BCUT2D eigenvalue weighted by Crippen LogP contribution is -2.34. The summed E-state index contributed by atoms with van der Waals surface area (Å²) in [7, 11) is -2.09. The Morgan fingerprint density at radius 1 is 1.27 bits per heavy atom. The molecule has 122 valence electrons. The maximum absolute atomic E-state index is 12.6. The first kappa shape index (κ1) is 17.0. The Hall–Kier alpha value is -1.40. The summed E-state index contributed by atoms with van der Waals surface area (Å²) in [6.45, 7) is 5.05. The van der Waals surface area contributed by atoms with Crippen LogP contribution in [0.3, 0.4) is 0 Å². The van der Waals surface area contributed by atoms with Gasteiger partial charge in [-0.1, -0.05) is 13.8 Å². The molecule has 0 aliphatic heterocycles. The highest BCUT2D eigenvalue weighted by molar-refractivity contribution is 7.89. The lowest BCUT2D eigenvalue weighted by atomic mass is 10.1. The van der Waals surface area contributed by atoms with Gasteiger partial charge < -0.3 is 4.90 Å². The lowest BCUT2D eigenvalue weighted by molar-refractivity contribution is 0.0735. The van der Waals surface area contributed by atoms with Crippen LogP contribution in [0.2, 0.25) is 0 Å². The van der Waals surface area contributed by atoms with Crippen LogP contribution in [-0.2, 0) is 10.0 Å². The fourth-order valence-electron chi connectivity index (χ4n) is 2.29. The van der Waals surface area contributed by atoms with Crippen LogP contribution < -0.4 is 4.72 Å². The number of nitrogens with zero attached hydrogens (tertiary/aromatic N) is 1. The Morgan fingerprint density at radius 2 is 1.86 bits per heavy atom. The van der Waals surface area contributed by atoms with Gasteiger partial charge in [0.15, 0.2) is 0 Å². The third-order valence-corrected chi connectivity index (χ3v) is 5.31. The summed E-state index contributed by atoms with van der Waals surface area (Å²) in [6, 6.07) is 6.50. The molecule has 1 aliphatic rings. The highest BCUT2D eigenvalue weighted by Crippen LogP contribution is 2.29. The zero-order valence-corrected chi connectivity index (χ0v) is 14.2. The van der Waals surface area contributed by atoms with Gasteiger partial charge in [0.25, 0.3) is 5.91 Å². The van der Waals surface area contributed by atoms with Gasteiger partial charge in [-0.15, -0.1) is 0 Å². The summed E-state index contributed by atoms with van der Waals surface area (Å²) in [6.07, 6.45) is 3.11. The predicted molar refractivity (Wildman–Crippen MR) is 86.2 cm³/mol. The van der Waals surface area contributed by atoms with Crippen LogP contribution >= 0.6 is 0 Å². The minimum atomic E-state index is -3.46. The molecule has 1 saturated carbocycles. The van der Waals surface area contributed by atoms with Gasteiger partial charge in [0.1, 0.15) is 0 Å². The summed E-state index contributed by atoms with van der Waals surface area (Å²) in [4.78, 5) is 14.7. The van der Waals surface area contributed by atoms with E-state index in [0.717, 1.165) is 25.8 Å². The molecule has 0 spiro atoms. The Bertz CT molecular complexity index is 619. The number of nitrogens with one attached hydrogen (secondary N) is 1. The van der Waals surface area contributed by atoms with Crippen molar-refractivity contribution < 1.29 is 13.2 Å². The Morgan fingerprint density at radius 3 is 2.32 bits per heavy atom. The van der Waals surface area contributed by atoms with Gasteiger partial charge in [-0.2, -0.15) is 0 Å². The van der Waals surface area contributed by atoms with E-state index in [-0.39, 0.29) is 10.8 Å². The van der Waals surface area contributed by atoms with Crippen LogP contribution in [0.5, 0.6) is 0 Å². The summed E-state index contributed by atoms with van der Waals surface area (Å²) >= 11 is 0. The molecule has 1 aromatic carbocycles. The van der Waals surface area contributed by atoms with Gasteiger partial charge in [0.2, 0.25) is 10.0 Å². The van der Waals surface area contributed by atoms with Crippen molar-refractivity contribution in [2.24, 2.45) is 5.92 Å². The molecule has 0 heterocycles. The van der Waals surface area contributed by atoms with Crippen LogP contribution in [0.4, 0.5) is 0 Å². The normalized spacial score (nSPS) is 15.1. The van der Waals surface area contributed by atoms with Crippen LogP contribution in [-0.4, -0.2) is 38.9 Å². The quantitative estimate of drug-likeness (QED) is 0.836. The Kier molecular flexibility index (Phi) is 5.24. The van der Waals surface area contributed by atoms with Gasteiger partial charge in [-0.25, -0.2) is 13.1 Å². The molecule has 0 unspecified atom stereocenters. The van der Waals surface area contributed by atoms with Crippen LogP contribution in [0, 0.1) is 5.92 Å². The Balaban J connectivity index is 2.13. The first-order valence-corrected chi connectivity index (χ1v) is 9.18. The van der Waals surface area contributed by atoms with Crippen LogP contribution in [0.1, 0.15) is 43.5 Å². The van der Waals surface area contributed by atoms with Gasteiger partial charge in [0.05, 0.1) is 4.90 Å². The van der Waals surface area contributed by atoms with Crippen molar-refractivity contribution in [3.63, 3.8) is 0 Å². The van der Waals surface area contributed by atoms with Crippen LogP contribution in [0.15, 0.2) is 29.2 Å². The average molecular weight is 324 g/mol. The monoisotopic (exact) mass is 324 g/mol. The van der Waals surface area contributed by atoms with Gasteiger partial charge in [0, 0.05) is 18.2 Å². The van der Waals surface area contributed by atoms with E-state index in [0.29, 0.717) is 17.5 Å². The number of carbonyl (C=O) groups excluding carboxylic acids is 1. The third kappa shape index (κ3) is 4.08. The van der Waals surface area contributed by atoms with Crippen LogP contribution in [0.25, 0.3) is 0 Å². The summed E-state index contributed by atoms with van der Waals surface area (Å²) < 4.78 is 25.7. The van der Waals surface area contributed by atoms with E-state index in [1.165, 1.54) is 19.2 Å². The smallest absolute Gasteiger partial charge is 0.254 e. The number of rotatable bonds is 7. The fourth-order valence-corrected chi connectivity index (χ4v) is 3.02. The largest absolute Gasteiger partial charge is 0.336 e. The van der Waals surface area contributed by atoms with Gasteiger partial charge in [-0.05, 0) is 56.5 Å². The zero-order valence-electron chi connectivity index (χ0n) is 13.4. The van der Waals surface area contributed by atoms with Crippen molar-refractivity contribution in [3.8, 4) is 0 Å². The number of hydrogen-bond acceptors (Lipinski definition) is 3. The summed E-state index contributed by atoms with van der Waals surface area (Å²) in [5, 5.41) is 0. The molecule has 5 nitrogen and oxygen atoms in total. The standard InChI is InChI=1S/C16H24N2O3S/c1-12(2)10-11-18(14-6-7-14)16(19)13-4-8-15(9-5-13)22(20,21)17-3/h4-5,8-9,12,14,17H,6-7,10-11H2,1-3H3. The lowest BCUT2D eigenvalue weighted by Gasteiger charge is -2.23. The van der Waals surface area contributed by atoms with Crippen molar-refractivity contribution in [1.82, 2.24) is 9.62 Å². The molecule has 0 bridgehead atoms. The topological polar surface area (TPSA) is 66.5 Å².